The maximum Gasteiger partial charge on any atom is 0.191 e. The predicted octanol–water partition coefficient (Wildman–Crippen LogP) is 3.86. The lowest BCUT2D eigenvalue weighted by Crippen LogP contribution is -2.42. The fourth-order valence-corrected chi connectivity index (χ4v) is 3.78. The van der Waals surface area contributed by atoms with Crippen molar-refractivity contribution >= 4 is 41.3 Å². The Bertz CT molecular complexity index is 697. The van der Waals surface area contributed by atoms with Crippen molar-refractivity contribution in [2.75, 3.05) is 19.6 Å². The van der Waals surface area contributed by atoms with Gasteiger partial charge in [0.15, 0.2) is 5.96 Å². The lowest BCUT2D eigenvalue weighted by Gasteiger charge is -2.22. The van der Waals surface area contributed by atoms with Gasteiger partial charge in [-0.05, 0) is 43.7 Å². The Kier molecular flexibility index (Phi) is 7.49. The summed E-state index contributed by atoms with van der Waals surface area (Å²) in [5, 5.41) is 19.4. The Morgan fingerprint density at radius 2 is 1.92 bits per heavy atom. The van der Waals surface area contributed by atoms with E-state index in [2.05, 4.69) is 52.9 Å². The SMILES string of the molecule is CCNC(=NCC(C)(O)c1cccs1)NCC1(c2ccccc2)CC1.I. The van der Waals surface area contributed by atoms with Gasteiger partial charge in [-0.3, -0.25) is 0 Å². The van der Waals surface area contributed by atoms with E-state index in [0.29, 0.717) is 6.54 Å². The summed E-state index contributed by atoms with van der Waals surface area (Å²) in [6, 6.07) is 14.6. The third kappa shape index (κ3) is 5.20. The number of hydrogen-bond acceptors (Lipinski definition) is 3. The molecule has 3 rings (SSSR count). The highest BCUT2D eigenvalue weighted by molar-refractivity contribution is 14.0. The molecule has 0 radical (unpaired) electrons. The van der Waals surface area contributed by atoms with Gasteiger partial charge in [-0.15, -0.1) is 35.3 Å². The van der Waals surface area contributed by atoms with Crippen molar-refractivity contribution in [3.8, 4) is 0 Å². The van der Waals surface area contributed by atoms with E-state index in [0.717, 1.165) is 23.9 Å². The molecule has 1 unspecified atom stereocenters. The van der Waals surface area contributed by atoms with E-state index in [1.165, 1.54) is 18.4 Å². The molecule has 1 fully saturated rings. The molecular formula is C20H28IN3OS. The van der Waals surface area contributed by atoms with Gasteiger partial charge < -0.3 is 15.7 Å². The van der Waals surface area contributed by atoms with Gasteiger partial charge >= 0.3 is 0 Å². The van der Waals surface area contributed by atoms with Gasteiger partial charge in [0.1, 0.15) is 5.60 Å². The summed E-state index contributed by atoms with van der Waals surface area (Å²) in [7, 11) is 0. The number of aliphatic hydroxyl groups is 1. The van der Waals surface area contributed by atoms with Crippen molar-refractivity contribution in [3.05, 3.63) is 58.3 Å². The first-order valence-corrected chi connectivity index (χ1v) is 9.78. The van der Waals surface area contributed by atoms with Crippen LogP contribution in [0.4, 0.5) is 0 Å². The second-order valence-electron chi connectivity index (χ2n) is 6.95. The molecule has 1 aromatic heterocycles. The standard InChI is InChI=1S/C20H27N3OS.HI/c1-3-21-18(22-14-19(2,24)17-10-7-13-25-17)23-15-20(11-12-20)16-8-5-4-6-9-16;/h4-10,13,24H,3,11-12,14-15H2,1-2H3,(H2,21,22,23);1H. The van der Waals surface area contributed by atoms with Crippen molar-refractivity contribution in [2.45, 2.75) is 37.7 Å². The van der Waals surface area contributed by atoms with Gasteiger partial charge in [0.05, 0.1) is 6.54 Å². The van der Waals surface area contributed by atoms with Gasteiger partial charge in [-0.1, -0.05) is 36.4 Å². The number of thiophene rings is 1. The summed E-state index contributed by atoms with van der Waals surface area (Å²) in [5.41, 5.74) is 0.685. The molecule has 26 heavy (non-hydrogen) atoms. The fraction of sp³-hybridized carbons (Fsp3) is 0.450. The van der Waals surface area contributed by atoms with Crippen LogP contribution in [0.2, 0.25) is 0 Å². The number of hydrogen-bond donors (Lipinski definition) is 3. The van der Waals surface area contributed by atoms with Crippen LogP contribution in [0.15, 0.2) is 52.8 Å². The Morgan fingerprint density at radius 3 is 2.50 bits per heavy atom. The van der Waals surface area contributed by atoms with E-state index in [4.69, 9.17) is 0 Å². The average molecular weight is 485 g/mol. The van der Waals surface area contributed by atoms with E-state index in [9.17, 15) is 5.11 Å². The van der Waals surface area contributed by atoms with E-state index in [1.807, 2.05) is 24.4 Å². The molecule has 1 atom stereocenters. The molecule has 4 nitrogen and oxygen atoms in total. The molecule has 1 saturated carbocycles. The molecule has 1 aromatic carbocycles. The minimum absolute atomic E-state index is 0. The zero-order valence-corrected chi connectivity index (χ0v) is 18.5. The largest absolute Gasteiger partial charge is 0.383 e. The van der Waals surface area contributed by atoms with Gasteiger partial charge in [-0.25, -0.2) is 4.99 Å². The van der Waals surface area contributed by atoms with Gasteiger partial charge in [-0.2, -0.15) is 0 Å². The summed E-state index contributed by atoms with van der Waals surface area (Å²) in [5.74, 6) is 0.765. The molecule has 0 aliphatic heterocycles. The molecule has 1 aliphatic rings. The Morgan fingerprint density at radius 1 is 1.19 bits per heavy atom. The number of halogens is 1. The second-order valence-corrected chi connectivity index (χ2v) is 7.89. The lowest BCUT2D eigenvalue weighted by molar-refractivity contribution is 0.0711. The van der Waals surface area contributed by atoms with Crippen LogP contribution in [-0.4, -0.2) is 30.7 Å². The zero-order valence-electron chi connectivity index (χ0n) is 15.4. The van der Waals surface area contributed by atoms with Crippen molar-refractivity contribution in [3.63, 3.8) is 0 Å². The van der Waals surface area contributed by atoms with Crippen molar-refractivity contribution in [2.24, 2.45) is 4.99 Å². The van der Waals surface area contributed by atoms with E-state index in [-0.39, 0.29) is 29.4 Å². The van der Waals surface area contributed by atoms with Crippen LogP contribution in [-0.2, 0) is 11.0 Å². The highest BCUT2D eigenvalue weighted by atomic mass is 127. The molecule has 3 N–H and O–H groups in total. The summed E-state index contributed by atoms with van der Waals surface area (Å²) < 4.78 is 0. The van der Waals surface area contributed by atoms with Crippen molar-refractivity contribution < 1.29 is 5.11 Å². The minimum Gasteiger partial charge on any atom is -0.383 e. The quantitative estimate of drug-likeness (QED) is 0.317. The highest BCUT2D eigenvalue weighted by Gasteiger charge is 2.44. The first-order valence-electron chi connectivity index (χ1n) is 8.90. The number of nitrogens with zero attached hydrogens (tertiary/aromatic N) is 1. The Balaban J connectivity index is 0.00000243. The van der Waals surface area contributed by atoms with Crippen LogP contribution in [0.25, 0.3) is 0 Å². The van der Waals surface area contributed by atoms with Crippen LogP contribution in [0.3, 0.4) is 0 Å². The Labute approximate surface area is 177 Å². The van der Waals surface area contributed by atoms with Crippen LogP contribution in [0, 0.1) is 0 Å². The number of guanidine groups is 1. The monoisotopic (exact) mass is 485 g/mol. The minimum atomic E-state index is -0.937. The molecule has 1 heterocycles. The van der Waals surface area contributed by atoms with Crippen LogP contribution < -0.4 is 10.6 Å². The van der Waals surface area contributed by atoms with Gasteiger partial charge in [0.25, 0.3) is 0 Å². The first-order chi connectivity index (χ1) is 12.1. The molecule has 0 spiro atoms. The fourth-order valence-electron chi connectivity index (χ4n) is 3.00. The Hall–Kier alpha value is -1.12. The molecular weight excluding hydrogens is 457 g/mol. The topological polar surface area (TPSA) is 56.7 Å². The molecule has 1 aliphatic carbocycles. The highest BCUT2D eigenvalue weighted by Crippen LogP contribution is 2.47. The first kappa shape index (κ1) is 21.2. The van der Waals surface area contributed by atoms with Crippen molar-refractivity contribution in [1.82, 2.24) is 10.6 Å². The van der Waals surface area contributed by atoms with Gasteiger partial charge in [0.2, 0.25) is 0 Å². The van der Waals surface area contributed by atoms with Crippen LogP contribution >= 0.6 is 35.3 Å². The number of nitrogens with one attached hydrogen (secondary N) is 2. The van der Waals surface area contributed by atoms with Crippen LogP contribution in [0.1, 0.15) is 37.1 Å². The molecule has 0 saturated heterocycles. The van der Waals surface area contributed by atoms with E-state index in [1.54, 1.807) is 11.3 Å². The molecule has 2 aromatic rings. The zero-order chi connectivity index (χ0) is 17.8. The summed E-state index contributed by atoms with van der Waals surface area (Å²) >= 11 is 1.56. The van der Waals surface area contributed by atoms with E-state index >= 15 is 0 Å². The second kappa shape index (κ2) is 9.19. The van der Waals surface area contributed by atoms with E-state index < -0.39 is 5.60 Å². The van der Waals surface area contributed by atoms with Crippen LogP contribution in [0.5, 0.6) is 0 Å². The van der Waals surface area contributed by atoms with Gasteiger partial charge in [0, 0.05) is 23.4 Å². The third-order valence-electron chi connectivity index (χ3n) is 4.78. The molecule has 6 heteroatoms. The third-order valence-corrected chi connectivity index (χ3v) is 5.90. The average Bonchev–Trinajstić information content (AvgIpc) is 3.20. The molecule has 142 valence electrons. The number of benzene rings is 1. The predicted molar refractivity (Wildman–Crippen MR) is 121 cm³/mol. The lowest BCUT2D eigenvalue weighted by atomic mass is 9.96. The maximum atomic E-state index is 10.7. The maximum absolute atomic E-state index is 10.7. The normalized spacial score (nSPS) is 17.7. The summed E-state index contributed by atoms with van der Waals surface area (Å²) in [6.45, 7) is 5.87. The molecule has 0 amide bonds. The van der Waals surface area contributed by atoms with Crippen molar-refractivity contribution in [1.29, 1.82) is 0 Å². The smallest absolute Gasteiger partial charge is 0.191 e. The molecule has 0 bridgehead atoms. The number of aliphatic imine (C=N–C) groups is 1. The number of rotatable bonds is 7. The summed E-state index contributed by atoms with van der Waals surface area (Å²) in [6.07, 6.45) is 2.41. The summed E-state index contributed by atoms with van der Waals surface area (Å²) in [4.78, 5) is 5.56.